The van der Waals surface area contributed by atoms with E-state index in [4.69, 9.17) is 0 Å². The van der Waals surface area contributed by atoms with E-state index in [0.717, 1.165) is 42.4 Å². The van der Waals surface area contributed by atoms with Crippen molar-refractivity contribution in [2.45, 2.75) is 98.8 Å². The second-order valence-corrected chi connectivity index (χ2v) is 11.8. The first-order valence-electron chi connectivity index (χ1n) is 12.7. The molecular formula is C27H48O2. The van der Waals surface area contributed by atoms with Crippen molar-refractivity contribution in [2.24, 2.45) is 46.3 Å². The molecule has 0 spiro atoms. The third-order valence-electron chi connectivity index (χ3n) is 9.85. The van der Waals surface area contributed by atoms with Gasteiger partial charge >= 0.3 is 0 Å². The third-order valence-corrected chi connectivity index (χ3v) is 9.85. The number of aliphatic hydroxyl groups is 2. The van der Waals surface area contributed by atoms with E-state index in [0.29, 0.717) is 11.3 Å². The maximum absolute atomic E-state index is 10.1. The zero-order valence-electron chi connectivity index (χ0n) is 19.9. The molecule has 0 amide bonds. The van der Waals surface area contributed by atoms with Crippen LogP contribution in [0.15, 0.2) is 11.6 Å². The molecule has 0 bridgehead atoms. The Bertz CT molecular complexity index is 567. The molecule has 0 saturated heterocycles. The second kappa shape index (κ2) is 9.43. The third kappa shape index (κ3) is 4.36. The minimum absolute atomic E-state index is 0.0860. The van der Waals surface area contributed by atoms with E-state index in [1.54, 1.807) is 0 Å². The van der Waals surface area contributed by atoms with Crippen LogP contribution in [0.4, 0.5) is 0 Å². The Hall–Kier alpha value is -0.340. The van der Waals surface area contributed by atoms with Crippen molar-refractivity contribution in [2.75, 3.05) is 13.2 Å². The van der Waals surface area contributed by atoms with Crippen LogP contribution in [0, 0.1) is 46.3 Å². The Kier molecular flexibility index (Phi) is 7.58. The minimum Gasteiger partial charge on any atom is -0.396 e. The predicted octanol–water partition coefficient (Wildman–Crippen LogP) is 6.61. The van der Waals surface area contributed by atoms with Crippen LogP contribution in [0.5, 0.6) is 0 Å². The van der Waals surface area contributed by atoms with Crippen molar-refractivity contribution in [3.05, 3.63) is 11.6 Å². The van der Waals surface area contributed by atoms with Crippen LogP contribution in [0.1, 0.15) is 98.8 Å². The van der Waals surface area contributed by atoms with Crippen molar-refractivity contribution in [1.29, 1.82) is 0 Å². The number of rotatable bonds is 9. The summed E-state index contributed by atoms with van der Waals surface area (Å²) in [6.45, 7) is 12.7. The summed E-state index contributed by atoms with van der Waals surface area (Å²) in [5, 5.41) is 19.5. The first-order valence-corrected chi connectivity index (χ1v) is 12.7. The van der Waals surface area contributed by atoms with Gasteiger partial charge in [-0.3, -0.25) is 0 Å². The normalized spacial score (nSPS) is 40.5. The summed E-state index contributed by atoms with van der Waals surface area (Å²) in [6.07, 6.45) is 15.1. The molecule has 3 rings (SSSR count). The molecule has 0 aliphatic heterocycles. The number of allylic oxidation sites excluding steroid dienone is 1. The number of hydrogen-bond donors (Lipinski definition) is 2. The second-order valence-electron chi connectivity index (χ2n) is 11.8. The van der Waals surface area contributed by atoms with Crippen LogP contribution in [0.2, 0.25) is 0 Å². The molecule has 2 fully saturated rings. The molecule has 0 aromatic carbocycles. The number of hydrogen-bond acceptors (Lipinski definition) is 2. The van der Waals surface area contributed by atoms with Gasteiger partial charge in [-0.1, -0.05) is 60.0 Å². The Labute approximate surface area is 180 Å². The van der Waals surface area contributed by atoms with Gasteiger partial charge in [-0.05, 0) is 96.9 Å². The van der Waals surface area contributed by atoms with Gasteiger partial charge in [-0.2, -0.15) is 0 Å². The first-order chi connectivity index (χ1) is 13.8. The summed E-state index contributed by atoms with van der Waals surface area (Å²) >= 11 is 0. The standard InChI is InChI=1S/C27H48O2/c1-19(2)8-6-9-20(3)23-12-13-24-22-11-10-21(18-29)26(4,15-7-17-28)25(22)14-16-27(23,24)5/h10,19-20,22-25,28-29H,6-9,11-18H2,1-5H3/t20-,22-,23-,24+,25-,26-,27+/m0/s1. The highest BCUT2D eigenvalue weighted by Crippen LogP contribution is 2.66. The van der Waals surface area contributed by atoms with Crippen LogP contribution in [0.25, 0.3) is 0 Å². The fourth-order valence-corrected chi connectivity index (χ4v) is 8.22. The van der Waals surface area contributed by atoms with Gasteiger partial charge in [-0.15, -0.1) is 0 Å². The zero-order chi connectivity index (χ0) is 21.2. The molecule has 0 heterocycles. The average Bonchev–Trinajstić information content (AvgIpc) is 3.03. The monoisotopic (exact) mass is 404 g/mol. The SMILES string of the molecule is CC(C)CCC[C@H](C)[C@@H]1CC[C@@H]2[C@@H]3CC=C(CO)[C@](C)(CCCO)[C@H]3CC[C@@]21C. The van der Waals surface area contributed by atoms with E-state index in [1.807, 2.05) is 0 Å². The van der Waals surface area contributed by atoms with E-state index < -0.39 is 0 Å². The summed E-state index contributed by atoms with van der Waals surface area (Å²) in [5.74, 6) is 4.90. The maximum Gasteiger partial charge on any atom is 0.0647 e. The Balaban J connectivity index is 1.75. The molecule has 0 aromatic heterocycles. The highest BCUT2D eigenvalue weighted by molar-refractivity contribution is 5.23. The molecule has 7 atom stereocenters. The van der Waals surface area contributed by atoms with Crippen molar-refractivity contribution >= 4 is 0 Å². The van der Waals surface area contributed by atoms with Crippen LogP contribution in [-0.2, 0) is 0 Å². The highest BCUT2D eigenvalue weighted by Gasteiger charge is 2.58. The van der Waals surface area contributed by atoms with Crippen LogP contribution in [0.3, 0.4) is 0 Å². The molecule has 168 valence electrons. The van der Waals surface area contributed by atoms with Gasteiger partial charge in [0.15, 0.2) is 0 Å². The molecule has 2 heteroatoms. The number of fused-ring (bicyclic) bond motifs is 3. The summed E-state index contributed by atoms with van der Waals surface area (Å²) in [5.41, 5.74) is 1.86. The highest BCUT2D eigenvalue weighted by atomic mass is 16.3. The van der Waals surface area contributed by atoms with Gasteiger partial charge in [0.25, 0.3) is 0 Å². The van der Waals surface area contributed by atoms with E-state index in [2.05, 4.69) is 40.7 Å². The molecule has 29 heavy (non-hydrogen) atoms. The maximum atomic E-state index is 10.1. The minimum atomic E-state index is 0.0860. The topological polar surface area (TPSA) is 40.5 Å². The van der Waals surface area contributed by atoms with E-state index in [-0.39, 0.29) is 18.6 Å². The van der Waals surface area contributed by atoms with E-state index in [1.165, 1.54) is 56.9 Å². The van der Waals surface area contributed by atoms with Gasteiger partial charge in [0, 0.05) is 6.61 Å². The smallest absolute Gasteiger partial charge is 0.0647 e. The molecule has 2 N–H and O–H groups in total. The van der Waals surface area contributed by atoms with Crippen LogP contribution >= 0.6 is 0 Å². The van der Waals surface area contributed by atoms with Crippen LogP contribution < -0.4 is 0 Å². The van der Waals surface area contributed by atoms with Gasteiger partial charge < -0.3 is 10.2 Å². The lowest BCUT2D eigenvalue weighted by Crippen LogP contribution is -2.49. The lowest BCUT2D eigenvalue weighted by atomic mass is 9.48. The van der Waals surface area contributed by atoms with Crippen molar-refractivity contribution in [1.82, 2.24) is 0 Å². The van der Waals surface area contributed by atoms with Crippen molar-refractivity contribution in [3.8, 4) is 0 Å². The molecule has 2 saturated carbocycles. The molecule has 2 nitrogen and oxygen atoms in total. The summed E-state index contributed by atoms with van der Waals surface area (Å²) in [7, 11) is 0. The van der Waals surface area contributed by atoms with Gasteiger partial charge in [0.2, 0.25) is 0 Å². The fraction of sp³-hybridized carbons (Fsp3) is 0.926. The first kappa shape index (κ1) is 23.3. The lowest BCUT2D eigenvalue weighted by Gasteiger charge is -2.57. The Morgan fingerprint density at radius 2 is 1.76 bits per heavy atom. The van der Waals surface area contributed by atoms with Crippen LogP contribution in [-0.4, -0.2) is 23.4 Å². The van der Waals surface area contributed by atoms with Gasteiger partial charge in [0.05, 0.1) is 6.61 Å². The molecule has 3 aliphatic carbocycles. The van der Waals surface area contributed by atoms with Crippen molar-refractivity contribution in [3.63, 3.8) is 0 Å². The van der Waals surface area contributed by atoms with Crippen molar-refractivity contribution < 1.29 is 10.2 Å². The summed E-state index contributed by atoms with van der Waals surface area (Å²) < 4.78 is 0. The largest absolute Gasteiger partial charge is 0.396 e. The molecule has 0 aromatic rings. The van der Waals surface area contributed by atoms with Gasteiger partial charge in [0.1, 0.15) is 0 Å². The molecule has 0 radical (unpaired) electrons. The molecule has 0 unspecified atom stereocenters. The van der Waals surface area contributed by atoms with E-state index in [9.17, 15) is 10.2 Å². The van der Waals surface area contributed by atoms with E-state index >= 15 is 0 Å². The predicted molar refractivity (Wildman–Crippen MR) is 123 cm³/mol. The molecular weight excluding hydrogens is 356 g/mol. The Morgan fingerprint density at radius 3 is 2.41 bits per heavy atom. The lowest BCUT2D eigenvalue weighted by molar-refractivity contribution is -0.0495. The quantitative estimate of drug-likeness (QED) is 0.425. The number of aliphatic hydroxyl groups excluding tert-OH is 2. The average molecular weight is 405 g/mol. The Morgan fingerprint density at radius 1 is 1.00 bits per heavy atom. The molecule has 3 aliphatic rings. The summed E-state index contributed by atoms with van der Waals surface area (Å²) in [6, 6.07) is 0. The van der Waals surface area contributed by atoms with Gasteiger partial charge in [-0.25, -0.2) is 0 Å². The fourth-order valence-electron chi connectivity index (χ4n) is 8.22. The summed E-state index contributed by atoms with van der Waals surface area (Å²) in [4.78, 5) is 0. The zero-order valence-corrected chi connectivity index (χ0v) is 19.9.